The van der Waals surface area contributed by atoms with Gasteiger partial charge in [-0.05, 0) is 53.6 Å². The molecule has 0 aliphatic carbocycles. The smallest absolute Gasteiger partial charge is 0.180 e. The van der Waals surface area contributed by atoms with Crippen molar-refractivity contribution in [3.63, 3.8) is 0 Å². The van der Waals surface area contributed by atoms with E-state index in [0.29, 0.717) is 43.3 Å². The molecular formula is C23H15Cl3FNO2. The quantitative estimate of drug-likeness (QED) is 0.282. The van der Waals surface area contributed by atoms with Gasteiger partial charge in [0, 0.05) is 10.6 Å². The molecule has 0 aliphatic heterocycles. The lowest BCUT2D eigenvalue weighted by molar-refractivity contribution is 0.284. The van der Waals surface area contributed by atoms with Gasteiger partial charge in [-0.3, -0.25) is 0 Å². The number of hydrogen-bond donors (Lipinski definition) is 0. The summed E-state index contributed by atoms with van der Waals surface area (Å²) in [6.45, 7) is 0.190. The van der Waals surface area contributed by atoms with Crippen LogP contribution in [0.5, 0.6) is 11.5 Å². The van der Waals surface area contributed by atoms with Crippen molar-refractivity contribution >= 4 is 46.5 Å². The van der Waals surface area contributed by atoms with Gasteiger partial charge in [0.2, 0.25) is 0 Å². The van der Waals surface area contributed by atoms with Crippen LogP contribution in [0.3, 0.4) is 0 Å². The van der Waals surface area contributed by atoms with E-state index in [-0.39, 0.29) is 12.4 Å². The van der Waals surface area contributed by atoms with Crippen molar-refractivity contribution in [3.8, 4) is 17.6 Å². The minimum Gasteiger partial charge on any atom is -0.493 e. The normalized spacial score (nSPS) is 11.1. The summed E-state index contributed by atoms with van der Waals surface area (Å²) >= 11 is 18.6. The highest BCUT2D eigenvalue weighted by Crippen LogP contribution is 2.38. The molecule has 0 unspecified atom stereocenters. The third kappa shape index (κ3) is 5.25. The Morgan fingerprint density at radius 1 is 1.03 bits per heavy atom. The van der Waals surface area contributed by atoms with Gasteiger partial charge in [0.1, 0.15) is 12.4 Å². The Morgan fingerprint density at radius 2 is 1.77 bits per heavy atom. The lowest BCUT2D eigenvalue weighted by Crippen LogP contribution is -1.99. The van der Waals surface area contributed by atoms with E-state index in [1.165, 1.54) is 19.2 Å². The van der Waals surface area contributed by atoms with Gasteiger partial charge in [0.25, 0.3) is 0 Å². The second-order valence-corrected chi connectivity index (χ2v) is 7.49. The van der Waals surface area contributed by atoms with Gasteiger partial charge >= 0.3 is 0 Å². The van der Waals surface area contributed by atoms with E-state index in [9.17, 15) is 9.65 Å². The summed E-state index contributed by atoms with van der Waals surface area (Å²) in [6, 6.07) is 16.4. The molecule has 0 radical (unpaired) electrons. The van der Waals surface area contributed by atoms with E-state index in [2.05, 4.69) is 6.07 Å². The minimum absolute atomic E-state index is 0.190. The summed E-state index contributed by atoms with van der Waals surface area (Å²) in [5.41, 5.74) is 2.31. The highest BCUT2D eigenvalue weighted by molar-refractivity contribution is 6.36. The van der Waals surface area contributed by atoms with Crippen molar-refractivity contribution in [1.29, 1.82) is 5.26 Å². The molecule has 0 spiro atoms. The molecule has 0 bridgehead atoms. The van der Waals surface area contributed by atoms with E-state index in [4.69, 9.17) is 44.3 Å². The van der Waals surface area contributed by atoms with Gasteiger partial charge < -0.3 is 9.47 Å². The van der Waals surface area contributed by atoms with E-state index < -0.39 is 0 Å². The molecule has 3 aromatic carbocycles. The maximum Gasteiger partial charge on any atom is 0.180 e. The van der Waals surface area contributed by atoms with Gasteiger partial charge in [-0.15, -0.1) is 0 Å². The highest BCUT2D eigenvalue weighted by atomic mass is 35.5. The number of allylic oxidation sites excluding steroid dienone is 1. The predicted molar refractivity (Wildman–Crippen MR) is 119 cm³/mol. The fraction of sp³-hybridized carbons (Fsp3) is 0.0870. The molecule has 3 aromatic rings. The predicted octanol–water partition coefficient (Wildman–Crippen LogP) is 7.44. The van der Waals surface area contributed by atoms with E-state index in [1.807, 2.05) is 0 Å². The zero-order chi connectivity index (χ0) is 21.7. The van der Waals surface area contributed by atoms with Crippen molar-refractivity contribution in [3.05, 3.63) is 92.2 Å². The zero-order valence-electron chi connectivity index (χ0n) is 15.8. The van der Waals surface area contributed by atoms with Gasteiger partial charge in [-0.2, -0.15) is 5.26 Å². The number of nitrogens with zero attached hydrogens (tertiary/aromatic N) is 1. The first-order valence-electron chi connectivity index (χ1n) is 8.73. The Kier molecular flexibility index (Phi) is 7.23. The first-order chi connectivity index (χ1) is 14.4. The Hall–Kier alpha value is -2.71. The van der Waals surface area contributed by atoms with E-state index >= 15 is 0 Å². The third-order valence-corrected chi connectivity index (χ3v) is 5.03. The maximum atomic E-state index is 13.1. The maximum absolute atomic E-state index is 13.1. The SMILES string of the molecule is COc1cc(/C=C(\C#N)c2ccc(Cl)cc2Cl)cc(Cl)c1OCc1ccc(F)cc1. The van der Waals surface area contributed by atoms with Crippen molar-refractivity contribution < 1.29 is 13.9 Å². The fourth-order valence-corrected chi connectivity index (χ4v) is 3.53. The highest BCUT2D eigenvalue weighted by Gasteiger charge is 2.14. The van der Waals surface area contributed by atoms with Crippen molar-refractivity contribution in [2.45, 2.75) is 6.61 Å². The van der Waals surface area contributed by atoms with Crippen molar-refractivity contribution in [2.75, 3.05) is 7.11 Å². The second kappa shape index (κ2) is 9.86. The monoisotopic (exact) mass is 461 g/mol. The molecule has 0 saturated carbocycles. The molecule has 0 fully saturated rings. The summed E-state index contributed by atoms with van der Waals surface area (Å²) < 4.78 is 24.2. The number of methoxy groups -OCH3 is 1. The van der Waals surface area contributed by atoms with Crippen LogP contribution in [-0.4, -0.2) is 7.11 Å². The van der Waals surface area contributed by atoms with Crippen LogP contribution in [0.4, 0.5) is 4.39 Å². The Morgan fingerprint density at radius 3 is 2.40 bits per heavy atom. The molecule has 0 N–H and O–H groups in total. The Balaban J connectivity index is 1.91. The molecule has 3 nitrogen and oxygen atoms in total. The Bertz CT molecular complexity index is 1140. The van der Waals surface area contributed by atoms with Crippen LogP contribution in [0.15, 0.2) is 54.6 Å². The summed E-state index contributed by atoms with van der Waals surface area (Å²) in [7, 11) is 1.49. The summed E-state index contributed by atoms with van der Waals surface area (Å²) in [5, 5.41) is 10.7. The minimum atomic E-state index is -0.320. The van der Waals surface area contributed by atoms with E-state index in [1.54, 1.807) is 48.5 Å². The first kappa shape index (κ1) is 22.0. The van der Waals surface area contributed by atoms with Gasteiger partial charge in [0.15, 0.2) is 11.5 Å². The fourth-order valence-electron chi connectivity index (χ4n) is 2.74. The molecule has 30 heavy (non-hydrogen) atoms. The zero-order valence-corrected chi connectivity index (χ0v) is 18.0. The molecule has 0 amide bonds. The van der Waals surface area contributed by atoms with Gasteiger partial charge in [0.05, 0.1) is 28.8 Å². The van der Waals surface area contributed by atoms with Crippen LogP contribution in [0.25, 0.3) is 11.6 Å². The topological polar surface area (TPSA) is 42.2 Å². The first-order valence-corrected chi connectivity index (χ1v) is 9.86. The van der Waals surface area contributed by atoms with Gasteiger partial charge in [-0.25, -0.2) is 4.39 Å². The molecule has 0 atom stereocenters. The number of halogens is 4. The van der Waals surface area contributed by atoms with Crippen LogP contribution in [0.1, 0.15) is 16.7 Å². The van der Waals surface area contributed by atoms with Crippen LogP contribution >= 0.6 is 34.8 Å². The van der Waals surface area contributed by atoms with Gasteiger partial charge in [-0.1, -0.05) is 53.0 Å². The summed E-state index contributed by atoms with van der Waals surface area (Å²) in [6.07, 6.45) is 1.65. The standard InChI is InChI=1S/C23H15Cl3FNO2/c1-29-22-10-15(8-16(12-28)19-7-4-17(24)11-20(19)25)9-21(26)23(22)30-13-14-2-5-18(27)6-3-14/h2-11H,13H2,1H3/b16-8+. The number of ether oxygens (including phenoxy) is 2. The van der Waals surface area contributed by atoms with Crippen LogP contribution < -0.4 is 9.47 Å². The lowest BCUT2D eigenvalue weighted by atomic mass is 10.0. The molecule has 152 valence electrons. The third-order valence-electron chi connectivity index (χ3n) is 4.20. The number of nitriles is 1. The van der Waals surface area contributed by atoms with Crippen molar-refractivity contribution in [2.24, 2.45) is 0 Å². The molecule has 3 rings (SSSR count). The van der Waals surface area contributed by atoms with Crippen LogP contribution in [0, 0.1) is 17.1 Å². The molecular weight excluding hydrogens is 448 g/mol. The van der Waals surface area contributed by atoms with Crippen molar-refractivity contribution in [1.82, 2.24) is 0 Å². The Labute approximate surface area is 188 Å². The number of rotatable bonds is 6. The number of benzene rings is 3. The molecule has 0 saturated heterocycles. The summed E-state index contributed by atoms with van der Waals surface area (Å²) in [5.74, 6) is 0.429. The molecule has 0 heterocycles. The largest absolute Gasteiger partial charge is 0.493 e. The molecule has 0 aromatic heterocycles. The number of hydrogen-bond acceptors (Lipinski definition) is 3. The molecule has 0 aliphatic rings. The van der Waals surface area contributed by atoms with Crippen LogP contribution in [-0.2, 0) is 6.61 Å². The average Bonchev–Trinajstić information content (AvgIpc) is 2.72. The second-order valence-electron chi connectivity index (χ2n) is 6.24. The average molecular weight is 463 g/mol. The van der Waals surface area contributed by atoms with E-state index in [0.717, 1.165) is 5.56 Å². The van der Waals surface area contributed by atoms with Crippen LogP contribution in [0.2, 0.25) is 15.1 Å². The molecule has 7 heteroatoms. The summed E-state index contributed by atoms with van der Waals surface area (Å²) in [4.78, 5) is 0. The lowest BCUT2D eigenvalue weighted by Gasteiger charge is -2.14.